The molecule has 0 aliphatic carbocycles. The predicted molar refractivity (Wildman–Crippen MR) is 75.2 cm³/mol. The smallest absolute Gasteiger partial charge is 0.238 e. The van der Waals surface area contributed by atoms with Crippen LogP contribution in [0.15, 0.2) is 35.1 Å². The number of hydrogen-bond donors (Lipinski definition) is 2. The van der Waals surface area contributed by atoms with Crippen molar-refractivity contribution in [3.8, 4) is 17.4 Å². The van der Waals surface area contributed by atoms with Crippen LogP contribution >= 0.6 is 15.9 Å². The summed E-state index contributed by atoms with van der Waals surface area (Å²) in [4.78, 5) is 7.99. The standard InChI is InChI=1S/C12H13BrN4O2/c1-2-18-8-4-3-5-9(6-8)19-12-10(13)11(17-14)15-7-16-12/h3-7H,2,14H2,1H3,(H,15,16,17). The average Bonchev–Trinajstić information content (AvgIpc) is 2.42. The van der Waals surface area contributed by atoms with Gasteiger partial charge in [0, 0.05) is 6.07 Å². The molecule has 0 spiro atoms. The van der Waals surface area contributed by atoms with Crippen molar-refractivity contribution in [1.29, 1.82) is 0 Å². The molecule has 3 N–H and O–H groups in total. The number of rotatable bonds is 5. The van der Waals surface area contributed by atoms with E-state index in [2.05, 4.69) is 31.3 Å². The summed E-state index contributed by atoms with van der Waals surface area (Å²) in [7, 11) is 0. The van der Waals surface area contributed by atoms with Crippen LogP contribution in [0, 0.1) is 0 Å². The van der Waals surface area contributed by atoms with Crippen LogP contribution in [0.25, 0.3) is 0 Å². The van der Waals surface area contributed by atoms with E-state index in [0.717, 1.165) is 5.75 Å². The van der Waals surface area contributed by atoms with Crippen LogP contribution in [0.4, 0.5) is 5.82 Å². The molecular formula is C12H13BrN4O2. The zero-order valence-corrected chi connectivity index (χ0v) is 11.8. The molecule has 19 heavy (non-hydrogen) atoms. The second-order valence-electron chi connectivity index (χ2n) is 3.50. The number of aromatic nitrogens is 2. The summed E-state index contributed by atoms with van der Waals surface area (Å²) in [6.45, 7) is 2.52. The number of halogens is 1. The number of ether oxygens (including phenoxy) is 2. The SMILES string of the molecule is CCOc1cccc(Oc2ncnc(NN)c2Br)c1. The quantitative estimate of drug-likeness (QED) is 0.650. The summed E-state index contributed by atoms with van der Waals surface area (Å²) >= 11 is 3.32. The molecule has 7 heteroatoms. The number of benzene rings is 1. The molecule has 2 rings (SSSR count). The maximum absolute atomic E-state index is 5.67. The normalized spacial score (nSPS) is 10.1. The van der Waals surface area contributed by atoms with Crippen molar-refractivity contribution in [3.05, 3.63) is 35.1 Å². The first-order chi connectivity index (χ1) is 9.24. The molecule has 2 aromatic rings. The molecule has 0 unspecified atom stereocenters. The van der Waals surface area contributed by atoms with Gasteiger partial charge in [-0.15, -0.1) is 0 Å². The van der Waals surface area contributed by atoms with Gasteiger partial charge in [0.15, 0.2) is 5.82 Å². The van der Waals surface area contributed by atoms with Crippen LogP contribution in [0.3, 0.4) is 0 Å². The Balaban J connectivity index is 2.23. The fraction of sp³-hybridized carbons (Fsp3) is 0.167. The molecule has 0 fully saturated rings. The van der Waals surface area contributed by atoms with E-state index in [4.69, 9.17) is 15.3 Å². The lowest BCUT2D eigenvalue weighted by Crippen LogP contribution is -2.09. The third-order valence-electron chi connectivity index (χ3n) is 2.23. The summed E-state index contributed by atoms with van der Waals surface area (Å²) < 4.78 is 11.6. The van der Waals surface area contributed by atoms with Gasteiger partial charge < -0.3 is 14.9 Å². The summed E-state index contributed by atoms with van der Waals surface area (Å²) in [5, 5.41) is 0. The molecule has 0 aliphatic heterocycles. The molecular weight excluding hydrogens is 312 g/mol. The maximum atomic E-state index is 5.67. The number of hydrazine groups is 1. The molecule has 6 nitrogen and oxygen atoms in total. The Bertz CT molecular complexity index is 565. The lowest BCUT2D eigenvalue weighted by atomic mass is 10.3. The molecule has 0 atom stereocenters. The highest BCUT2D eigenvalue weighted by molar-refractivity contribution is 9.10. The number of nitrogen functional groups attached to an aromatic ring is 1. The van der Waals surface area contributed by atoms with Crippen LogP contribution in [0.2, 0.25) is 0 Å². The third kappa shape index (κ3) is 3.33. The number of anilines is 1. The minimum absolute atomic E-state index is 0.372. The molecule has 0 bridgehead atoms. The summed E-state index contributed by atoms with van der Waals surface area (Å²) in [6.07, 6.45) is 1.36. The minimum Gasteiger partial charge on any atom is -0.494 e. The summed E-state index contributed by atoms with van der Waals surface area (Å²) in [5.41, 5.74) is 2.45. The topological polar surface area (TPSA) is 82.3 Å². The van der Waals surface area contributed by atoms with Crippen LogP contribution in [0.5, 0.6) is 17.4 Å². The fourth-order valence-corrected chi connectivity index (χ4v) is 1.83. The first-order valence-corrected chi connectivity index (χ1v) is 6.41. The Labute approximate surface area is 119 Å². The fourth-order valence-electron chi connectivity index (χ4n) is 1.43. The molecule has 0 saturated carbocycles. The Hall–Kier alpha value is -1.86. The van der Waals surface area contributed by atoms with Gasteiger partial charge in [-0.3, -0.25) is 0 Å². The molecule has 0 aliphatic rings. The molecule has 1 heterocycles. The van der Waals surface area contributed by atoms with E-state index in [9.17, 15) is 0 Å². The van der Waals surface area contributed by atoms with Crippen LogP contribution in [0.1, 0.15) is 6.92 Å². The van der Waals surface area contributed by atoms with Crippen molar-refractivity contribution < 1.29 is 9.47 Å². The van der Waals surface area contributed by atoms with E-state index < -0.39 is 0 Å². The lowest BCUT2D eigenvalue weighted by Gasteiger charge is -2.10. The molecule has 1 aromatic heterocycles. The monoisotopic (exact) mass is 324 g/mol. The summed E-state index contributed by atoms with van der Waals surface area (Å²) in [5.74, 6) is 7.51. The Kier molecular flexibility index (Phi) is 4.53. The Morgan fingerprint density at radius 3 is 2.84 bits per heavy atom. The van der Waals surface area contributed by atoms with Gasteiger partial charge in [-0.25, -0.2) is 15.8 Å². The van der Waals surface area contributed by atoms with E-state index >= 15 is 0 Å². The van der Waals surface area contributed by atoms with E-state index in [1.54, 1.807) is 6.07 Å². The van der Waals surface area contributed by atoms with Crippen molar-refractivity contribution in [3.63, 3.8) is 0 Å². The highest BCUT2D eigenvalue weighted by atomic mass is 79.9. The van der Waals surface area contributed by atoms with Gasteiger partial charge in [0.1, 0.15) is 22.3 Å². The van der Waals surface area contributed by atoms with Gasteiger partial charge in [0.25, 0.3) is 0 Å². The van der Waals surface area contributed by atoms with Crippen LogP contribution < -0.4 is 20.7 Å². The van der Waals surface area contributed by atoms with Crippen molar-refractivity contribution in [2.45, 2.75) is 6.92 Å². The maximum Gasteiger partial charge on any atom is 0.238 e. The van der Waals surface area contributed by atoms with Gasteiger partial charge in [0.05, 0.1) is 6.61 Å². The molecule has 1 aromatic carbocycles. The van der Waals surface area contributed by atoms with Crippen LogP contribution in [-0.2, 0) is 0 Å². The van der Waals surface area contributed by atoms with Gasteiger partial charge in [-0.2, -0.15) is 0 Å². The van der Waals surface area contributed by atoms with Crippen molar-refractivity contribution in [1.82, 2.24) is 9.97 Å². The first kappa shape index (κ1) is 13.6. The highest BCUT2D eigenvalue weighted by Gasteiger charge is 2.10. The average molecular weight is 325 g/mol. The van der Waals surface area contributed by atoms with E-state index in [-0.39, 0.29) is 0 Å². The lowest BCUT2D eigenvalue weighted by molar-refractivity contribution is 0.338. The van der Waals surface area contributed by atoms with E-state index in [1.807, 2.05) is 25.1 Å². The van der Waals surface area contributed by atoms with Gasteiger partial charge in [0.2, 0.25) is 5.88 Å². The van der Waals surface area contributed by atoms with Crippen molar-refractivity contribution in [2.75, 3.05) is 12.0 Å². The highest BCUT2D eigenvalue weighted by Crippen LogP contribution is 2.32. The number of hydrogen-bond acceptors (Lipinski definition) is 6. The van der Waals surface area contributed by atoms with Crippen molar-refractivity contribution >= 4 is 21.7 Å². The third-order valence-corrected chi connectivity index (χ3v) is 2.94. The second kappa shape index (κ2) is 6.35. The number of nitrogens with one attached hydrogen (secondary N) is 1. The molecule has 0 radical (unpaired) electrons. The molecule has 100 valence electrons. The Morgan fingerprint density at radius 1 is 1.32 bits per heavy atom. The van der Waals surface area contributed by atoms with E-state index in [0.29, 0.717) is 28.5 Å². The predicted octanol–water partition coefficient (Wildman–Crippen LogP) is 2.72. The number of nitrogens with two attached hydrogens (primary N) is 1. The zero-order valence-electron chi connectivity index (χ0n) is 10.3. The largest absolute Gasteiger partial charge is 0.494 e. The molecule has 0 saturated heterocycles. The first-order valence-electron chi connectivity index (χ1n) is 5.62. The van der Waals surface area contributed by atoms with Gasteiger partial charge in [-0.05, 0) is 35.0 Å². The van der Waals surface area contributed by atoms with Crippen LogP contribution in [-0.4, -0.2) is 16.6 Å². The number of nitrogens with zero attached hydrogens (tertiary/aromatic N) is 2. The van der Waals surface area contributed by atoms with E-state index in [1.165, 1.54) is 6.33 Å². The molecule has 0 amide bonds. The minimum atomic E-state index is 0.372. The van der Waals surface area contributed by atoms with Gasteiger partial charge >= 0.3 is 0 Å². The second-order valence-corrected chi connectivity index (χ2v) is 4.29. The van der Waals surface area contributed by atoms with Crippen molar-refractivity contribution in [2.24, 2.45) is 5.84 Å². The van der Waals surface area contributed by atoms with Gasteiger partial charge in [-0.1, -0.05) is 6.07 Å². The zero-order chi connectivity index (χ0) is 13.7. The summed E-state index contributed by atoms with van der Waals surface area (Å²) in [6, 6.07) is 7.30. The Morgan fingerprint density at radius 2 is 2.11 bits per heavy atom.